The van der Waals surface area contributed by atoms with Crippen LogP contribution in [0.5, 0.6) is 0 Å². The second-order valence-electron chi connectivity index (χ2n) is 6.95. The highest BCUT2D eigenvalue weighted by atomic mass is 15.3. The molecular formula is C20H22N6. The summed E-state index contributed by atoms with van der Waals surface area (Å²) >= 11 is 0. The maximum absolute atomic E-state index is 8.99. The molecule has 6 heteroatoms. The second kappa shape index (κ2) is 7.24. The predicted octanol–water partition coefficient (Wildman–Crippen LogP) is 2.23. The summed E-state index contributed by atoms with van der Waals surface area (Å²) in [5.41, 5.74) is 5.10. The van der Waals surface area contributed by atoms with Gasteiger partial charge in [0.15, 0.2) is 0 Å². The zero-order valence-corrected chi connectivity index (χ0v) is 15.0. The van der Waals surface area contributed by atoms with Crippen molar-refractivity contribution in [3.05, 3.63) is 65.4 Å². The van der Waals surface area contributed by atoms with Crippen molar-refractivity contribution in [3.8, 4) is 6.07 Å². The normalized spacial score (nSPS) is 16.0. The van der Waals surface area contributed by atoms with Crippen molar-refractivity contribution in [1.29, 1.82) is 5.26 Å². The second-order valence-corrected chi connectivity index (χ2v) is 6.95. The highest BCUT2D eigenvalue weighted by Crippen LogP contribution is 2.13. The number of hydrogen-bond acceptors (Lipinski definition) is 5. The first-order chi connectivity index (χ1) is 12.7. The number of fused-ring (bicyclic) bond motifs is 1. The van der Waals surface area contributed by atoms with Gasteiger partial charge < -0.3 is 4.40 Å². The Morgan fingerprint density at radius 1 is 1.04 bits per heavy atom. The molecule has 0 unspecified atom stereocenters. The van der Waals surface area contributed by atoms with Crippen LogP contribution in [0.1, 0.15) is 22.4 Å². The summed E-state index contributed by atoms with van der Waals surface area (Å²) in [7, 11) is 0. The molecule has 0 N–H and O–H groups in total. The van der Waals surface area contributed by atoms with Crippen molar-refractivity contribution >= 4 is 5.65 Å². The van der Waals surface area contributed by atoms with Gasteiger partial charge in [-0.05, 0) is 30.2 Å². The minimum absolute atomic E-state index is 0.628. The Labute approximate surface area is 153 Å². The molecule has 0 amide bonds. The maximum Gasteiger partial charge on any atom is 0.137 e. The standard InChI is InChI=1S/C20H22N6/c1-16-2-3-20-23-19(15-26(20)12-16)14-25-6-4-24(5-7-25)13-18-8-17(9-21)10-22-11-18/h2-3,8,10-12,15H,4-7,13-14H2,1H3. The zero-order valence-electron chi connectivity index (χ0n) is 15.0. The maximum atomic E-state index is 8.99. The Morgan fingerprint density at radius 3 is 2.58 bits per heavy atom. The number of rotatable bonds is 4. The number of imidazole rings is 1. The molecule has 26 heavy (non-hydrogen) atoms. The first-order valence-corrected chi connectivity index (χ1v) is 8.92. The van der Waals surface area contributed by atoms with E-state index in [1.807, 2.05) is 12.3 Å². The van der Waals surface area contributed by atoms with Gasteiger partial charge in [-0.2, -0.15) is 5.26 Å². The van der Waals surface area contributed by atoms with Gasteiger partial charge in [0, 0.05) is 64.1 Å². The van der Waals surface area contributed by atoms with Crippen molar-refractivity contribution in [2.45, 2.75) is 20.0 Å². The molecule has 1 fully saturated rings. The molecule has 0 saturated carbocycles. The topological polar surface area (TPSA) is 60.5 Å². The van der Waals surface area contributed by atoms with E-state index in [9.17, 15) is 0 Å². The lowest BCUT2D eigenvalue weighted by Gasteiger charge is -2.34. The third kappa shape index (κ3) is 3.74. The number of aryl methyl sites for hydroxylation is 1. The van der Waals surface area contributed by atoms with Crippen molar-refractivity contribution in [2.24, 2.45) is 0 Å². The molecule has 0 radical (unpaired) electrons. The van der Waals surface area contributed by atoms with Crippen LogP contribution in [0.4, 0.5) is 0 Å². The lowest BCUT2D eigenvalue weighted by atomic mass is 10.2. The summed E-state index contributed by atoms with van der Waals surface area (Å²) in [4.78, 5) is 13.7. The summed E-state index contributed by atoms with van der Waals surface area (Å²) < 4.78 is 2.11. The molecule has 1 aliphatic rings. The Bertz CT molecular complexity index is 946. The molecule has 3 aromatic rings. The number of pyridine rings is 2. The molecule has 1 aliphatic heterocycles. The highest BCUT2D eigenvalue weighted by Gasteiger charge is 2.18. The molecular weight excluding hydrogens is 324 g/mol. The van der Waals surface area contributed by atoms with E-state index in [0.717, 1.165) is 56.2 Å². The van der Waals surface area contributed by atoms with Gasteiger partial charge in [0.25, 0.3) is 0 Å². The van der Waals surface area contributed by atoms with E-state index in [1.165, 1.54) is 5.56 Å². The lowest BCUT2D eigenvalue weighted by Crippen LogP contribution is -2.45. The van der Waals surface area contributed by atoms with E-state index >= 15 is 0 Å². The fraction of sp³-hybridized carbons (Fsp3) is 0.350. The van der Waals surface area contributed by atoms with Crippen LogP contribution in [0.25, 0.3) is 5.65 Å². The summed E-state index contributed by atoms with van der Waals surface area (Å²) in [5, 5.41) is 8.99. The van der Waals surface area contributed by atoms with Gasteiger partial charge in [-0.25, -0.2) is 4.98 Å². The molecule has 0 spiro atoms. The highest BCUT2D eigenvalue weighted by molar-refractivity contribution is 5.41. The van der Waals surface area contributed by atoms with Crippen molar-refractivity contribution in [2.75, 3.05) is 26.2 Å². The van der Waals surface area contributed by atoms with E-state index in [-0.39, 0.29) is 0 Å². The van der Waals surface area contributed by atoms with Gasteiger partial charge >= 0.3 is 0 Å². The van der Waals surface area contributed by atoms with E-state index in [4.69, 9.17) is 10.2 Å². The molecule has 3 aromatic heterocycles. The smallest absolute Gasteiger partial charge is 0.137 e. The van der Waals surface area contributed by atoms with Crippen LogP contribution in [0.15, 0.2) is 43.0 Å². The van der Waals surface area contributed by atoms with Gasteiger partial charge in [0.1, 0.15) is 11.7 Å². The van der Waals surface area contributed by atoms with Crippen LogP contribution in [0.3, 0.4) is 0 Å². The summed E-state index contributed by atoms with van der Waals surface area (Å²) in [5.74, 6) is 0. The Kier molecular flexibility index (Phi) is 4.65. The quantitative estimate of drug-likeness (QED) is 0.725. The zero-order chi connectivity index (χ0) is 17.9. The van der Waals surface area contributed by atoms with Crippen LogP contribution in [-0.2, 0) is 13.1 Å². The number of nitriles is 1. The largest absolute Gasteiger partial charge is 0.307 e. The van der Waals surface area contributed by atoms with Crippen LogP contribution in [0, 0.1) is 18.3 Å². The molecule has 0 bridgehead atoms. The summed E-state index contributed by atoms with van der Waals surface area (Å²) in [6.07, 6.45) is 7.71. The lowest BCUT2D eigenvalue weighted by molar-refractivity contribution is 0.121. The van der Waals surface area contributed by atoms with E-state index in [2.05, 4.69) is 56.7 Å². The fourth-order valence-corrected chi connectivity index (χ4v) is 3.46. The number of hydrogen-bond donors (Lipinski definition) is 0. The number of aromatic nitrogens is 3. The Hall–Kier alpha value is -2.75. The molecule has 1 saturated heterocycles. The van der Waals surface area contributed by atoms with Gasteiger partial charge in [0.05, 0.1) is 11.3 Å². The SMILES string of the molecule is Cc1ccc2nc(CN3CCN(Cc4cncc(C#N)c4)CC3)cn2c1. The molecule has 6 nitrogen and oxygen atoms in total. The first-order valence-electron chi connectivity index (χ1n) is 8.92. The van der Waals surface area contributed by atoms with Gasteiger partial charge in [0.2, 0.25) is 0 Å². The monoisotopic (exact) mass is 346 g/mol. The Balaban J connectivity index is 1.33. The van der Waals surface area contributed by atoms with Gasteiger partial charge in [-0.3, -0.25) is 14.8 Å². The molecule has 0 atom stereocenters. The van der Waals surface area contributed by atoms with Crippen LogP contribution < -0.4 is 0 Å². The van der Waals surface area contributed by atoms with Crippen LogP contribution >= 0.6 is 0 Å². The molecule has 132 valence electrons. The minimum atomic E-state index is 0.628. The van der Waals surface area contributed by atoms with Crippen molar-refractivity contribution in [1.82, 2.24) is 24.2 Å². The molecule has 0 aromatic carbocycles. The van der Waals surface area contributed by atoms with Crippen molar-refractivity contribution < 1.29 is 0 Å². The third-order valence-electron chi connectivity index (χ3n) is 4.83. The third-order valence-corrected chi connectivity index (χ3v) is 4.83. The molecule has 0 aliphatic carbocycles. The number of piperazine rings is 1. The van der Waals surface area contributed by atoms with E-state index < -0.39 is 0 Å². The number of nitrogens with zero attached hydrogens (tertiary/aromatic N) is 6. The van der Waals surface area contributed by atoms with E-state index in [0.29, 0.717) is 5.56 Å². The Morgan fingerprint density at radius 2 is 1.81 bits per heavy atom. The average Bonchev–Trinajstić information content (AvgIpc) is 3.05. The first kappa shape index (κ1) is 16.7. The average molecular weight is 346 g/mol. The van der Waals surface area contributed by atoms with Crippen molar-refractivity contribution in [3.63, 3.8) is 0 Å². The fourth-order valence-electron chi connectivity index (χ4n) is 3.46. The predicted molar refractivity (Wildman–Crippen MR) is 99.4 cm³/mol. The van der Waals surface area contributed by atoms with Crippen LogP contribution in [0.2, 0.25) is 0 Å². The van der Waals surface area contributed by atoms with Crippen LogP contribution in [-0.4, -0.2) is 50.3 Å². The van der Waals surface area contributed by atoms with Gasteiger partial charge in [-0.1, -0.05) is 6.07 Å². The van der Waals surface area contributed by atoms with E-state index in [1.54, 1.807) is 6.20 Å². The van der Waals surface area contributed by atoms with Gasteiger partial charge in [-0.15, -0.1) is 0 Å². The summed E-state index contributed by atoms with van der Waals surface area (Å²) in [6.45, 7) is 7.92. The molecule has 4 rings (SSSR count). The minimum Gasteiger partial charge on any atom is -0.307 e. The molecule has 4 heterocycles. The summed E-state index contributed by atoms with van der Waals surface area (Å²) in [6, 6.07) is 8.25.